The standard InChI is InChI=1S/C9H7ClFNOS/c1-14-9-7(10)2-6(3-8(9)11)4-12-5-13/h2-3H,4H2,1H3. The second kappa shape index (κ2) is 5.15. The SMILES string of the molecule is CSc1c(F)cc(CN=C=O)cc1Cl. The van der Waals surface area contributed by atoms with E-state index in [1.165, 1.54) is 23.9 Å². The molecule has 1 rings (SSSR count). The summed E-state index contributed by atoms with van der Waals surface area (Å²) in [6.07, 6.45) is 3.13. The maximum Gasteiger partial charge on any atom is 0.235 e. The molecule has 0 N–H and O–H groups in total. The average Bonchev–Trinajstić information content (AvgIpc) is 2.14. The fourth-order valence-electron chi connectivity index (χ4n) is 1.02. The Morgan fingerprint density at radius 1 is 1.64 bits per heavy atom. The van der Waals surface area contributed by atoms with Crippen LogP contribution in [0, 0.1) is 5.82 Å². The van der Waals surface area contributed by atoms with E-state index in [4.69, 9.17) is 11.6 Å². The molecule has 0 radical (unpaired) electrons. The molecular formula is C9H7ClFNOS. The number of isocyanates is 1. The van der Waals surface area contributed by atoms with Crippen molar-refractivity contribution in [2.24, 2.45) is 4.99 Å². The summed E-state index contributed by atoms with van der Waals surface area (Å²) in [7, 11) is 0. The molecule has 1 aromatic rings. The molecule has 0 heterocycles. The molecule has 0 fully saturated rings. The van der Waals surface area contributed by atoms with Crippen molar-refractivity contribution in [3.8, 4) is 0 Å². The van der Waals surface area contributed by atoms with E-state index in [1.807, 2.05) is 0 Å². The number of rotatable bonds is 3. The highest BCUT2D eigenvalue weighted by molar-refractivity contribution is 7.98. The van der Waals surface area contributed by atoms with Gasteiger partial charge in [0, 0.05) is 0 Å². The van der Waals surface area contributed by atoms with Gasteiger partial charge in [0.25, 0.3) is 0 Å². The molecule has 0 amide bonds. The lowest BCUT2D eigenvalue weighted by atomic mass is 10.2. The van der Waals surface area contributed by atoms with E-state index >= 15 is 0 Å². The van der Waals surface area contributed by atoms with Gasteiger partial charge >= 0.3 is 0 Å². The molecule has 0 aliphatic carbocycles. The van der Waals surface area contributed by atoms with Crippen LogP contribution < -0.4 is 0 Å². The largest absolute Gasteiger partial charge is 0.235 e. The minimum atomic E-state index is -0.388. The molecule has 2 nitrogen and oxygen atoms in total. The number of hydrogen-bond donors (Lipinski definition) is 0. The van der Waals surface area contributed by atoms with Crippen LogP contribution in [0.4, 0.5) is 4.39 Å². The van der Waals surface area contributed by atoms with Gasteiger partial charge in [-0.3, -0.25) is 0 Å². The second-order valence-corrected chi connectivity index (χ2v) is 3.72. The van der Waals surface area contributed by atoms with Gasteiger partial charge < -0.3 is 0 Å². The van der Waals surface area contributed by atoms with Gasteiger partial charge in [-0.2, -0.15) is 0 Å². The first kappa shape index (κ1) is 11.2. The summed E-state index contributed by atoms with van der Waals surface area (Å²) in [4.78, 5) is 13.6. The Morgan fingerprint density at radius 2 is 2.36 bits per heavy atom. The summed E-state index contributed by atoms with van der Waals surface area (Å²) in [5.74, 6) is -0.388. The highest BCUT2D eigenvalue weighted by Crippen LogP contribution is 2.29. The summed E-state index contributed by atoms with van der Waals surface area (Å²) < 4.78 is 13.3. The maximum absolute atomic E-state index is 13.3. The van der Waals surface area contributed by atoms with Crippen LogP contribution in [-0.4, -0.2) is 12.3 Å². The Bertz CT molecular complexity index is 367. The highest BCUT2D eigenvalue weighted by Gasteiger charge is 2.07. The van der Waals surface area contributed by atoms with Crippen LogP contribution >= 0.6 is 23.4 Å². The van der Waals surface area contributed by atoms with Gasteiger partial charge in [-0.25, -0.2) is 14.2 Å². The molecule has 0 bridgehead atoms. The molecule has 0 aliphatic heterocycles. The van der Waals surface area contributed by atoms with Gasteiger partial charge in [-0.15, -0.1) is 11.8 Å². The minimum Gasteiger partial charge on any atom is -0.211 e. The number of carbonyl (C=O) groups excluding carboxylic acids is 1. The normalized spacial score (nSPS) is 9.64. The molecule has 74 valence electrons. The monoisotopic (exact) mass is 231 g/mol. The molecule has 0 spiro atoms. The summed E-state index contributed by atoms with van der Waals surface area (Å²) in [5.41, 5.74) is 0.564. The van der Waals surface area contributed by atoms with Crippen molar-refractivity contribution in [1.82, 2.24) is 0 Å². The highest BCUT2D eigenvalue weighted by atomic mass is 35.5. The number of thioether (sulfide) groups is 1. The molecular weight excluding hydrogens is 225 g/mol. The fourth-order valence-corrected chi connectivity index (χ4v) is 1.99. The molecule has 5 heteroatoms. The number of halogens is 2. The van der Waals surface area contributed by atoms with E-state index in [2.05, 4.69) is 4.99 Å². The van der Waals surface area contributed by atoms with E-state index in [-0.39, 0.29) is 12.4 Å². The quantitative estimate of drug-likeness (QED) is 0.455. The molecule has 0 aliphatic rings. The predicted octanol–water partition coefficient (Wildman–Crippen LogP) is 3.04. The van der Waals surface area contributed by atoms with Crippen LogP contribution in [0.1, 0.15) is 5.56 Å². The van der Waals surface area contributed by atoms with Crippen LogP contribution in [-0.2, 0) is 11.3 Å². The Kier molecular flexibility index (Phi) is 4.14. The van der Waals surface area contributed by atoms with E-state index in [0.717, 1.165) is 0 Å². The van der Waals surface area contributed by atoms with Crippen molar-refractivity contribution in [3.63, 3.8) is 0 Å². The zero-order valence-corrected chi connectivity index (χ0v) is 8.95. The van der Waals surface area contributed by atoms with E-state index in [1.54, 1.807) is 12.3 Å². The molecule has 0 saturated heterocycles. The van der Waals surface area contributed by atoms with E-state index in [0.29, 0.717) is 15.5 Å². The molecule has 0 aromatic heterocycles. The third kappa shape index (κ3) is 2.58. The lowest BCUT2D eigenvalue weighted by Gasteiger charge is -2.04. The van der Waals surface area contributed by atoms with Crippen molar-refractivity contribution >= 4 is 29.4 Å². The summed E-state index contributed by atoms with van der Waals surface area (Å²) in [6, 6.07) is 2.91. The van der Waals surface area contributed by atoms with Gasteiger partial charge in [-0.1, -0.05) is 11.6 Å². The molecule has 1 aromatic carbocycles. The van der Waals surface area contributed by atoms with E-state index in [9.17, 15) is 9.18 Å². The lowest BCUT2D eigenvalue weighted by molar-refractivity contribution is 0.562. The zero-order chi connectivity index (χ0) is 10.6. The lowest BCUT2D eigenvalue weighted by Crippen LogP contribution is -1.88. The van der Waals surface area contributed by atoms with Crippen molar-refractivity contribution in [3.05, 3.63) is 28.5 Å². The number of nitrogens with zero attached hydrogens (tertiary/aromatic N) is 1. The van der Waals surface area contributed by atoms with Crippen LogP contribution in [0.3, 0.4) is 0 Å². The predicted molar refractivity (Wildman–Crippen MR) is 55.0 cm³/mol. The average molecular weight is 232 g/mol. The first-order valence-electron chi connectivity index (χ1n) is 3.74. The summed E-state index contributed by atoms with van der Waals surface area (Å²) in [5, 5.41) is 0.341. The van der Waals surface area contributed by atoms with Gasteiger partial charge in [0.05, 0.1) is 16.5 Å². The number of benzene rings is 1. The zero-order valence-electron chi connectivity index (χ0n) is 7.38. The van der Waals surface area contributed by atoms with Crippen LogP contribution in [0.2, 0.25) is 5.02 Å². The molecule has 0 unspecified atom stereocenters. The van der Waals surface area contributed by atoms with E-state index < -0.39 is 0 Å². The van der Waals surface area contributed by atoms with Crippen LogP contribution in [0.5, 0.6) is 0 Å². The molecule has 14 heavy (non-hydrogen) atoms. The summed E-state index contributed by atoms with van der Waals surface area (Å²) in [6.45, 7) is 0.106. The first-order chi connectivity index (χ1) is 6.69. The Balaban J connectivity index is 3.07. The third-order valence-corrected chi connectivity index (χ3v) is 2.82. The number of aliphatic imine (C=N–C) groups is 1. The van der Waals surface area contributed by atoms with Gasteiger partial charge in [0.1, 0.15) is 5.82 Å². The smallest absolute Gasteiger partial charge is 0.211 e. The van der Waals surface area contributed by atoms with Gasteiger partial charge in [-0.05, 0) is 24.0 Å². The van der Waals surface area contributed by atoms with Gasteiger partial charge in [0.15, 0.2) is 0 Å². The topological polar surface area (TPSA) is 29.4 Å². The third-order valence-electron chi connectivity index (χ3n) is 1.59. The first-order valence-corrected chi connectivity index (χ1v) is 5.35. The van der Waals surface area contributed by atoms with Crippen molar-refractivity contribution in [1.29, 1.82) is 0 Å². The van der Waals surface area contributed by atoms with Gasteiger partial charge in [0.2, 0.25) is 6.08 Å². The second-order valence-electron chi connectivity index (χ2n) is 2.50. The van der Waals surface area contributed by atoms with Crippen molar-refractivity contribution < 1.29 is 9.18 Å². The maximum atomic E-state index is 13.3. The van der Waals surface area contributed by atoms with Crippen molar-refractivity contribution in [2.45, 2.75) is 11.4 Å². The molecule has 0 saturated carbocycles. The van der Waals surface area contributed by atoms with Crippen molar-refractivity contribution in [2.75, 3.05) is 6.26 Å². The van der Waals surface area contributed by atoms with Crippen LogP contribution in [0.25, 0.3) is 0 Å². The fraction of sp³-hybridized carbons (Fsp3) is 0.222. The summed E-state index contributed by atoms with van der Waals surface area (Å²) >= 11 is 7.05. The number of hydrogen-bond acceptors (Lipinski definition) is 3. The Labute approximate surface area is 90.2 Å². The Hall–Kier alpha value is -0.830. The molecule has 0 atom stereocenters. The van der Waals surface area contributed by atoms with Crippen LogP contribution in [0.15, 0.2) is 22.0 Å². The Morgan fingerprint density at radius 3 is 2.86 bits per heavy atom. The minimum absolute atomic E-state index is 0.106.